The standard InChI is InChI=1S/C29H40N2O8/c1-28(2,3)39-27(33)31-29(4,5)38-15-14-25(32)30-21-16-19(12-13-22(21)34-6)10-11-20-17-23(35-7)26(37-9)24(18-20)36-8/h10-13,16-18H,14-15H2,1-9H3,(H,30,32)(H,31,33)/b11-10-. The number of carbonyl (C=O) groups is 2. The summed E-state index contributed by atoms with van der Waals surface area (Å²) in [6.07, 6.45) is 3.25. The van der Waals surface area contributed by atoms with Gasteiger partial charge in [0.15, 0.2) is 11.5 Å². The summed E-state index contributed by atoms with van der Waals surface area (Å²) in [5.41, 5.74) is 0.541. The van der Waals surface area contributed by atoms with Crippen molar-refractivity contribution in [1.29, 1.82) is 0 Å². The lowest BCUT2D eigenvalue weighted by atomic mass is 10.1. The van der Waals surface area contributed by atoms with Crippen LogP contribution < -0.4 is 29.6 Å². The summed E-state index contributed by atoms with van der Waals surface area (Å²) < 4.78 is 32.6. The number of carbonyl (C=O) groups excluding carboxylic acids is 2. The first kappa shape index (κ1) is 31.3. The summed E-state index contributed by atoms with van der Waals surface area (Å²) in [6, 6.07) is 9.12. The van der Waals surface area contributed by atoms with E-state index in [4.69, 9.17) is 28.4 Å². The predicted octanol–water partition coefficient (Wildman–Crippen LogP) is 5.50. The van der Waals surface area contributed by atoms with Gasteiger partial charge in [-0.05, 0) is 70.0 Å². The van der Waals surface area contributed by atoms with Gasteiger partial charge in [-0.1, -0.05) is 18.2 Å². The molecule has 0 fully saturated rings. The number of hydrogen-bond acceptors (Lipinski definition) is 8. The number of ether oxygens (including phenoxy) is 6. The molecule has 39 heavy (non-hydrogen) atoms. The highest BCUT2D eigenvalue weighted by atomic mass is 16.6. The molecule has 0 saturated heterocycles. The van der Waals surface area contributed by atoms with Crippen molar-refractivity contribution in [3.05, 3.63) is 41.5 Å². The molecule has 214 valence electrons. The van der Waals surface area contributed by atoms with Crippen LogP contribution >= 0.6 is 0 Å². The van der Waals surface area contributed by atoms with E-state index in [0.717, 1.165) is 11.1 Å². The number of rotatable bonds is 12. The molecule has 2 N–H and O–H groups in total. The van der Waals surface area contributed by atoms with Gasteiger partial charge in [0.05, 0.1) is 47.2 Å². The third kappa shape index (κ3) is 10.0. The van der Waals surface area contributed by atoms with Gasteiger partial charge in [0.1, 0.15) is 17.1 Å². The van der Waals surface area contributed by atoms with E-state index in [1.807, 2.05) is 30.4 Å². The average molecular weight is 545 g/mol. The number of methoxy groups -OCH3 is 4. The lowest BCUT2D eigenvalue weighted by Gasteiger charge is -2.28. The molecule has 10 nitrogen and oxygen atoms in total. The Hall–Kier alpha value is -3.92. The third-order valence-electron chi connectivity index (χ3n) is 5.25. The normalized spacial score (nSPS) is 11.6. The Morgan fingerprint density at radius 3 is 1.92 bits per heavy atom. The topological polar surface area (TPSA) is 114 Å². The minimum Gasteiger partial charge on any atom is -0.495 e. The van der Waals surface area contributed by atoms with Crippen molar-refractivity contribution in [3.8, 4) is 23.0 Å². The molecule has 0 unspecified atom stereocenters. The van der Waals surface area contributed by atoms with Gasteiger partial charge in [0.2, 0.25) is 11.7 Å². The zero-order chi connectivity index (χ0) is 29.2. The summed E-state index contributed by atoms with van der Waals surface area (Å²) >= 11 is 0. The quantitative estimate of drug-likeness (QED) is 0.266. The van der Waals surface area contributed by atoms with Crippen molar-refractivity contribution < 1.29 is 38.0 Å². The summed E-state index contributed by atoms with van der Waals surface area (Å²) in [5.74, 6) is 1.85. The second-order valence-corrected chi connectivity index (χ2v) is 10.0. The van der Waals surface area contributed by atoms with Crippen molar-refractivity contribution in [1.82, 2.24) is 5.32 Å². The number of amides is 2. The summed E-state index contributed by atoms with van der Waals surface area (Å²) in [5, 5.41) is 5.51. The Bertz CT molecular complexity index is 1140. The van der Waals surface area contributed by atoms with E-state index in [2.05, 4.69) is 10.6 Å². The monoisotopic (exact) mass is 544 g/mol. The summed E-state index contributed by atoms with van der Waals surface area (Å²) in [7, 11) is 6.21. The summed E-state index contributed by atoms with van der Waals surface area (Å²) in [4.78, 5) is 24.7. The van der Waals surface area contributed by atoms with Gasteiger partial charge in [0.25, 0.3) is 0 Å². The van der Waals surface area contributed by atoms with Gasteiger partial charge >= 0.3 is 6.09 Å². The molecule has 2 amide bonds. The minimum atomic E-state index is -1.02. The van der Waals surface area contributed by atoms with Crippen molar-refractivity contribution in [2.24, 2.45) is 0 Å². The van der Waals surface area contributed by atoms with Crippen LogP contribution in [0.1, 0.15) is 52.2 Å². The number of alkyl carbamates (subject to hydrolysis) is 1. The Balaban J connectivity index is 2.06. The van der Waals surface area contributed by atoms with Crippen LogP contribution in [0.2, 0.25) is 0 Å². The highest BCUT2D eigenvalue weighted by Crippen LogP contribution is 2.38. The lowest BCUT2D eigenvalue weighted by Crippen LogP contribution is -2.48. The maximum absolute atomic E-state index is 12.7. The van der Waals surface area contributed by atoms with E-state index in [-0.39, 0.29) is 18.9 Å². The number of nitrogens with one attached hydrogen (secondary N) is 2. The molecule has 0 bridgehead atoms. The van der Waals surface area contributed by atoms with E-state index < -0.39 is 17.4 Å². The van der Waals surface area contributed by atoms with Crippen molar-refractivity contribution in [3.63, 3.8) is 0 Å². The predicted molar refractivity (Wildman–Crippen MR) is 151 cm³/mol. The fraction of sp³-hybridized carbons (Fsp3) is 0.448. The van der Waals surface area contributed by atoms with Crippen LogP contribution in [-0.2, 0) is 14.3 Å². The van der Waals surface area contributed by atoms with Crippen LogP contribution in [0.5, 0.6) is 23.0 Å². The first-order valence-electron chi connectivity index (χ1n) is 12.4. The fourth-order valence-corrected chi connectivity index (χ4v) is 3.51. The zero-order valence-electron chi connectivity index (χ0n) is 24.2. The fourth-order valence-electron chi connectivity index (χ4n) is 3.51. The smallest absolute Gasteiger partial charge is 0.409 e. The van der Waals surface area contributed by atoms with Crippen LogP contribution in [-0.4, -0.2) is 58.4 Å². The summed E-state index contributed by atoms with van der Waals surface area (Å²) in [6.45, 7) is 8.77. The van der Waals surface area contributed by atoms with E-state index >= 15 is 0 Å². The average Bonchev–Trinajstić information content (AvgIpc) is 2.85. The molecule has 0 spiro atoms. The SMILES string of the molecule is COc1ccc(/C=C\c2cc(OC)c(OC)c(OC)c2)cc1NC(=O)CCOC(C)(C)NC(=O)OC(C)(C)C. The first-order valence-corrected chi connectivity index (χ1v) is 12.4. The third-order valence-corrected chi connectivity index (χ3v) is 5.25. The molecule has 0 aliphatic carbocycles. The molecule has 0 saturated carbocycles. The van der Waals surface area contributed by atoms with Crippen LogP contribution in [0.25, 0.3) is 12.2 Å². The number of benzene rings is 2. The number of hydrogen-bond donors (Lipinski definition) is 2. The lowest BCUT2D eigenvalue weighted by molar-refractivity contribution is -0.119. The molecule has 0 aliphatic heterocycles. The second-order valence-electron chi connectivity index (χ2n) is 10.0. The Kier molecular flexibility index (Phi) is 11.0. The molecule has 0 atom stereocenters. The molecule has 2 aromatic rings. The van der Waals surface area contributed by atoms with Crippen LogP contribution in [0.3, 0.4) is 0 Å². The van der Waals surface area contributed by atoms with Gasteiger partial charge in [-0.25, -0.2) is 4.79 Å². The zero-order valence-corrected chi connectivity index (χ0v) is 24.2. The van der Waals surface area contributed by atoms with Gasteiger partial charge in [-0.3, -0.25) is 10.1 Å². The Morgan fingerprint density at radius 1 is 0.795 bits per heavy atom. The first-order chi connectivity index (χ1) is 18.3. The Labute approximate surface area is 230 Å². The van der Waals surface area contributed by atoms with E-state index in [1.54, 1.807) is 68.1 Å². The molecule has 0 heterocycles. The molecule has 2 aromatic carbocycles. The van der Waals surface area contributed by atoms with E-state index in [0.29, 0.717) is 28.7 Å². The second kappa shape index (κ2) is 13.7. The van der Waals surface area contributed by atoms with Crippen molar-refractivity contribution >= 4 is 29.8 Å². The highest BCUT2D eigenvalue weighted by Gasteiger charge is 2.25. The molecular formula is C29H40N2O8. The van der Waals surface area contributed by atoms with Gasteiger partial charge in [0, 0.05) is 0 Å². The maximum atomic E-state index is 12.7. The molecule has 0 aliphatic rings. The van der Waals surface area contributed by atoms with E-state index in [1.165, 1.54) is 7.11 Å². The highest BCUT2D eigenvalue weighted by molar-refractivity contribution is 5.93. The van der Waals surface area contributed by atoms with Gasteiger partial charge in [-0.15, -0.1) is 0 Å². The molecule has 0 aromatic heterocycles. The minimum absolute atomic E-state index is 0.0636. The van der Waals surface area contributed by atoms with Crippen LogP contribution in [0, 0.1) is 0 Å². The number of anilines is 1. The molecule has 10 heteroatoms. The molecular weight excluding hydrogens is 504 g/mol. The van der Waals surface area contributed by atoms with Crippen molar-refractivity contribution in [2.45, 2.75) is 52.4 Å². The van der Waals surface area contributed by atoms with Crippen LogP contribution in [0.4, 0.5) is 10.5 Å². The molecule has 0 radical (unpaired) electrons. The Morgan fingerprint density at radius 2 is 1.38 bits per heavy atom. The maximum Gasteiger partial charge on any atom is 0.409 e. The molecule has 2 rings (SSSR count). The van der Waals surface area contributed by atoms with Gasteiger partial charge < -0.3 is 33.7 Å². The van der Waals surface area contributed by atoms with E-state index in [9.17, 15) is 9.59 Å². The van der Waals surface area contributed by atoms with Gasteiger partial charge in [-0.2, -0.15) is 0 Å². The van der Waals surface area contributed by atoms with Crippen LogP contribution in [0.15, 0.2) is 30.3 Å². The largest absolute Gasteiger partial charge is 0.495 e. The van der Waals surface area contributed by atoms with Crippen molar-refractivity contribution in [2.75, 3.05) is 40.4 Å².